The highest BCUT2D eigenvalue weighted by Crippen LogP contribution is 2.30. The summed E-state index contributed by atoms with van der Waals surface area (Å²) >= 11 is 3.40. The van der Waals surface area contributed by atoms with Crippen molar-refractivity contribution in [3.63, 3.8) is 0 Å². The van der Waals surface area contributed by atoms with Crippen LogP contribution in [-0.4, -0.2) is 35.5 Å². The number of hydrogen-bond donors (Lipinski definition) is 3. The van der Waals surface area contributed by atoms with Crippen LogP contribution in [0.15, 0.2) is 10.7 Å². The number of hydrogen-bond acceptors (Lipinski definition) is 6. The average molecular weight is 315 g/mol. The van der Waals surface area contributed by atoms with E-state index in [4.69, 9.17) is 5.84 Å². The van der Waals surface area contributed by atoms with Gasteiger partial charge in [0.1, 0.15) is 11.9 Å². The minimum absolute atomic E-state index is 0.000250. The lowest BCUT2D eigenvalue weighted by Gasteiger charge is -2.25. The predicted octanol–water partition coefficient (Wildman–Crippen LogP) is 0.239. The van der Waals surface area contributed by atoms with E-state index in [0.717, 1.165) is 23.9 Å². The van der Waals surface area contributed by atoms with Crippen molar-refractivity contribution < 1.29 is 4.79 Å². The molecule has 0 bridgehead atoms. The van der Waals surface area contributed by atoms with E-state index in [1.165, 1.54) is 0 Å². The van der Waals surface area contributed by atoms with Crippen LogP contribution in [0.4, 0.5) is 11.8 Å². The molecule has 2 rings (SSSR count). The second-order valence-corrected chi connectivity index (χ2v) is 4.83. The number of amides is 1. The van der Waals surface area contributed by atoms with E-state index in [1.807, 2.05) is 4.90 Å². The third-order valence-electron chi connectivity index (χ3n) is 2.93. The number of aromatic nitrogens is 2. The maximum Gasteiger partial charge on any atom is 0.242 e. The SMILES string of the molecule is CNC(=O)C1CCCN1c1nc(NN)ncc1Br. The standard InChI is InChI=1S/C10H15BrN6O/c1-13-9(18)7-3-2-4-17(7)8-6(11)5-14-10(15-8)16-12/h5,7H,2-4,12H2,1H3,(H,13,18)(H,14,15,16). The number of anilines is 2. The van der Waals surface area contributed by atoms with E-state index in [9.17, 15) is 4.79 Å². The molecule has 0 saturated carbocycles. The molecule has 1 amide bonds. The quantitative estimate of drug-likeness (QED) is 0.546. The molecule has 1 aliphatic rings. The van der Waals surface area contributed by atoms with Gasteiger partial charge in [-0.3, -0.25) is 10.2 Å². The van der Waals surface area contributed by atoms with Crippen LogP contribution in [0.2, 0.25) is 0 Å². The Labute approximate surface area is 113 Å². The molecule has 1 aliphatic heterocycles. The van der Waals surface area contributed by atoms with E-state index in [0.29, 0.717) is 11.8 Å². The normalized spacial score (nSPS) is 18.8. The summed E-state index contributed by atoms with van der Waals surface area (Å²) in [5.74, 6) is 6.31. The summed E-state index contributed by atoms with van der Waals surface area (Å²) in [6.07, 6.45) is 3.40. The van der Waals surface area contributed by atoms with Gasteiger partial charge in [0.05, 0.1) is 4.47 Å². The van der Waals surface area contributed by atoms with Crippen molar-refractivity contribution in [3.8, 4) is 0 Å². The summed E-state index contributed by atoms with van der Waals surface area (Å²) in [7, 11) is 1.64. The van der Waals surface area contributed by atoms with Gasteiger partial charge in [-0.1, -0.05) is 0 Å². The smallest absolute Gasteiger partial charge is 0.242 e. The molecule has 1 aromatic heterocycles. The van der Waals surface area contributed by atoms with E-state index >= 15 is 0 Å². The molecule has 4 N–H and O–H groups in total. The zero-order valence-electron chi connectivity index (χ0n) is 9.98. The lowest BCUT2D eigenvalue weighted by atomic mass is 10.2. The van der Waals surface area contributed by atoms with Crippen molar-refractivity contribution >= 4 is 33.6 Å². The molecule has 0 aliphatic carbocycles. The van der Waals surface area contributed by atoms with Gasteiger partial charge in [-0.15, -0.1) is 0 Å². The Morgan fingerprint density at radius 2 is 2.44 bits per heavy atom. The number of nitrogens with zero attached hydrogens (tertiary/aromatic N) is 3. The Morgan fingerprint density at radius 3 is 3.11 bits per heavy atom. The van der Waals surface area contributed by atoms with Crippen LogP contribution >= 0.6 is 15.9 Å². The van der Waals surface area contributed by atoms with Gasteiger partial charge in [-0.2, -0.15) is 4.98 Å². The number of nitrogens with one attached hydrogen (secondary N) is 2. The van der Waals surface area contributed by atoms with Crippen molar-refractivity contribution in [1.29, 1.82) is 0 Å². The fourth-order valence-corrected chi connectivity index (χ4v) is 2.51. The van der Waals surface area contributed by atoms with Crippen LogP contribution in [0, 0.1) is 0 Å². The van der Waals surface area contributed by atoms with Crippen molar-refractivity contribution in [2.45, 2.75) is 18.9 Å². The molecule has 0 radical (unpaired) electrons. The molecule has 8 heteroatoms. The van der Waals surface area contributed by atoms with Crippen molar-refractivity contribution in [2.24, 2.45) is 5.84 Å². The van der Waals surface area contributed by atoms with E-state index in [2.05, 4.69) is 36.6 Å². The minimum atomic E-state index is -0.188. The number of carbonyl (C=O) groups is 1. The Bertz CT molecular complexity index is 454. The Kier molecular flexibility index (Phi) is 3.97. The van der Waals surface area contributed by atoms with Gasteiger partial charge in [0.25, 0.3) is 0 Å². The number of carbonyl (C=O) groups excluding carboxylic acids is 1. The van der Waals surface area contributed by atoms with Crippen LogP contribution in [-0.2, 0) is 4.79 Å². The molecule has 1 atom stereocenters. The van der Waals surface area contributed by atoms with Crippen LogP contribution < -0.4 is 21.5 Å². The summed E-state index contributed by atoms with van der Waals surface area (Å²) in [6, 6.07) is -0.188. The number of rotatable bonds is 3. The van der Waals surface area contributed by atoms with E-state index in [-0.39, 0.29) is 11.9 Å². The second-order valence-electron chi connectivity index (χ2n) is 3.98. The minimum Gasteiger partial charge on any atom is -0.357 e. The molecular weight excluding hydrogens is 300 g/mol. The van der Waals surface area contributed by atoms with Crippen LogP contribution in [0.1, 0.15) is 12.8 Å². The molecule has 0 aromatic carbocycles. The molecule has 1 saturated heterocycles. The van der Waals surface area contributed by atoms with Gasteiger partial charge in [0.15, 0.2) is 0 Å². The summed E-state index contributed by atoms with van der Waals surface area (Å²) < 4.78 is 0.748. The number of hydrazine groups is 1. The number of likely N-dealkylation sites (N-methyl/N-ethyl adjacent to an activating group) is 1. The monoisotopic (exact) mass is 314 g/mol. The molecule has 2 heterocycles. The van der Waals surface area contributed by atoms with E-state index < -0.39 is 0 Å². The largest absolute Gasteiger partial charge is 0.357 e. The third-order valence-corrected chi connectivity index (χ3v) is 3.49. The highest BCUT2D eigenvalue weighted by Gasteiger charge is 2.32. The maximum absolute atomic E-state index is 11.8. The van der Waals surface area contributed by atoms with E-state index in [1.54, 1.807) is 13.2 Å². The lowest BCUT2D eigenvalue weighted by Crippen LogP contribution is -2.42. The molecule has 98 valence electrons. The van der Waals surface area contributed by atoms with Gasteiger partial charge in [0.2, 0.25) is 11.9 Å². The predicted molar refractivity (Wildman–Crippen MR) is 72.0 cm³/mol. The van der Waals surface area contributed by atoms with Crippen molar-refractivity contribution in [3.05, 3.63) is 10.7 Å². The molecular formula is C10H15BrN6O. The Balaban J connectivity index is 2.32. The van der Waals surface area contributed by atoms with Gasteiger partial charge in [0, 0.05) is 19.8 Å². The van der Waals surface area contributed by atoms with Gasteiger partial charge in [-0.25, -0.2) is 10.8 Å². The van der Waals surface area contributed by atoms with Gasteiger partial charge >= 0.3 is 0 Å². The zero-order chi connectivity index (χ0) is 13.1. The highest BCUT2D eigenvalue weighted by molar-refractivity contribution is 9.10. The van der Waals surface area contributed by atoms with Crippen LogP contribution in [0.5, 0.6) is 0 Å². The fraction of sp³-hybridized carbons (Fsp3) is 0.500. The Hall–Kier alpha value is -1.41. The number of halogens is 1. The lowest BCUT2D eigenvalue weighted by molar-refractivity contribution is -0.121. The Morgan fingerprint density at radius 1 is 1.67 bits per heavy atom. The first kappa shape index (κ1) is 13.0. The zero-order valence-corrected chi connectivity index (χ0v) is 11.6. The van der Waals surface area contributed by atoms with Crippen molar-refractivity contribution in [1.82, 2.24) is 15.3 Å². The number of nitrogens with two attached hydrogens (primary N) is 1. The first-order valence-electron chi connectivity index (χ1n) is 5.64. The van der Waals surface area contributed by atoms with Crippen LogP contribution in [0.25, 0.3) is 0 Å². The first-order chi connectivity index (χ1) is 8.67. The molecule has 7 nitrogen and oxygen atoms in total. The molecule has 0 spiro atoms. The summed E-state index contributed by atoms with van der Waals surface area (Å²) in [6.45, 7) is 0.789. The maximum atomic E-state index is 11.8. The summed E-state index contributed by atoms with van der Waals surface area (Å²) in [5, 5.41) is 2.68. The number of nitrogen functional groups attached to an aromatic ring is 1. The first-order valence-corrected chi connectivity index (χ1v) is 6.44. The van der Waals surface area contributed by atoms with Crippen LogP contribution in [0.3, 0.4) is 0 Å². The van der Waals surface area contributed by atoms with Gasteiger partial charge < -0.3 is 10.2 Å². The highest BCUT2D eigenvalue weighted by atomic mass is 79.9. The summed E-state index contributed by atoms with van der Waals surface area (Å²) in [4.78, 5) is 22.1. The third kappa shape index (κ3) is 2.39. The second kappa shape index (κ2) is 5.49. The topological polar surface area (TPSA) is 96.2 Å². The average Bonchev–Trinajstić information content (AvgIpc) is 2.87. The van der Waals surface area contributed by atoms with Gasteiger partial charge in [-0.05, 0) is 28.8 Å². The molecule has 18 heavy (non-hydrogen) atoms. The van der Waals surface area contributed by atoms with Crippen molar-refractivity contribution in [2.75, 3.05) is 23.9 Å². The molecule has 1 unspecified atom stereocenters. The fourth-order valence-electron chi connectivity index (χ4n) is 2.09. The molecule has 1 aromatic rings. The molecule has 1 fully saturated rings. The summed E-state index contributed by atoms with van der Waals surface area (Å²) in [5.41, 5.74) is 2.41.